The number of hydrogen-bond acceptors (Lipinski definition) is 2. The Labute approximate surface area is 186 Å². The molecule has 0 saturated heterocycles. The molecule has 168 valence electrons. The molecule has 3 nitrogen and oxygen atoms in total. The number of nitrogens with zero attached hydrogens (tertiary/aromatic N) is 1. The van der Waals surface area contributed by atoms with Crippen molar-refractivity contribution in [2.45, 2.75) is 122 Å². The van der Waals surface area contributed by atoms with Crippen molar-refractivity contribution in [3.05, 3.63) is 0 Å². The van der Waals surface area contributed by atoms with Gasteiger partial charge in [-0.3, -0.25) is 0 Å². The van der Waals surface area contributed by atoms with Crippen LogP contribution in [0.5, 0.6) is 0 Å². The summed E-state index contributed by atoms with van der Waals surface area (Å²) in [5, 5.41) is 7.70. The van der Waals surface area contributed by atoms with E-state index in [9.17, 15) is 0 Å². The van der Waals surface area contributed by atoms with E-state index in [1.807, 2.05) is 7.05 Å². The minimum Gasteiger partial charge on any atom is -0.314 e. The van der Waals surface area contributed by atoms with Gasteiger partial charge >= 0.3 is 0 Å². The van der Waals surface area contributed by atoms with Crippen molar-refractivity contribution in [2.75, 3.05) is 20.1 Å². The van der Waals surface area contributed by atoms with Crippen LogP contribution < -0.4 is 10.6 Å². The lowest BCUT2D eigenvalue weighted by molar-refractivity contribution is -0.749. The van der Waals surface area contributed by atoms with Gasteiger partial charge in [-0.05, 0) is 45.2 Å². The monoisotopic (exact) mass is 436 g/mol. The van der Waals surface area contributed by atoms with Crippen LogP contribution in [0.4, 0.5) is 0 Å². The van der Waals surface area contributed by atoms with Gasteiger partial charge in [0.2, 0.25) is 0 Å². The minimum atomic E-state index is -0.119. The summed E-state index contributed by atoms with van der Waals surface area (Å²) in [4.78, 5) is 0. The molecule has 0 amide bonds. The molecular formula is C23H48Cl2N3+. The molecule has 1 aliphatic carbocycles. The average molecular weight is 438 g/mol. The van der Waals surface area contributed by atoms with Crippen molar-refractivity contribution in [2.24, 2.45) is 5.92 Å². The summed E-state index contributed by atoms with van der Waals surface area (Å²) < 4.78 is 0.0351. The van der Waals surface area contributed by atoms with Crippen LogP contribution in [0.1, 0.15) is 105 Å². The normalized spacial score (nSPS) is 27.1. The van der Waals surface area contributed by atoms with E-state index in [0.717, 1.165) is 25.9 Å². The van der Waals surface area contributed by atoms with Gasteiger partial charge in [-0.1, -0.05) is 66.2 Å². The Morgan fingerprint density at radius 2 is 1.54 bits per heavy atom. The zero-order valence-electron chi connectivity index (χ0n) is 19.3. The van der Waals surface area contributed by atoms with E-state index in [0.29, 0.717) is 18.0 Å². The lowest BCUT2D eigenvalue weighted by atomic mass is 9.67. The van der Waals surface area contributed by atoms with E-state index in [1.165, 1.54) is 64.2 Å². The molecule has 0 aromatic rings. The van der Waals surface area contributed by atoms with Gasteiger partial charge in [0.25, 0.3) is 0 Å². The van der Waals surface area contributed by atoms with E-state index in [4.69, 9.17) is 23.6 Å². The first-order chi connectivity index (χ1) is 13.3. The molecule has 1 rings (SSSR count). The van der Waals surface area contributed by atoms with Crippen molar-refractivity contribution in [3.8, 4) is 0 Å². The third kappa shape index (κ3) is 7.61. The molecule has 0 aliphatic heterocycles. The molecule has 0 aromatic heterocycles. The summed E-state index contributed by atoms with van der Waals surface area (Å²) >= 11 is 13.9. The quantitative estimate of drug-likeness (QED) is 0.218. The summed E-state index contributed by atoms with van der Waals surface area (Å²) in [7, 11) is 1.99. The largest absolute Gasteiger partial charge is 0.314 e. The molecule has 28 heavy (non-hydrogen) atoms. The van der Waals surface area contributed by atoms with E-state index in [2.05, 4.69) is 38.3 Å². The van der Waals surface area contributed by atoms with Crippen molar-refractivity contribution >= 4 is 23.6 Å². The highest BCUT2D eigenvalue weighted by molar-refractivity contribution is 6.23. The zero-order valence-corrected chi connectivity index (χ0v) is 20.8. The van der Waals surface area contributed by atoms with Crippen LogP contribution in [-0.2, 0) is 0 Å². The first-order valence-corrected chi connectivity index (χ1v) is 12.7. The molecule has 1 aliphatic rings. The molecule has 4 atom stereocenters. The van der Waals surface area contributed by atoms with Crippen LogP contribution in [0.2, 0.25) is 0 Å². The highest BCUT2D eigenvalue weighted by Crippen LogP contribution is 2.48. The molecule has 0 radical (unpaired) electrons. The highest BCUT2D eigenvalue weighted by Gasteiger charge is 2.59. The average Bonchev–Trinajstić information content (AvgIpc) is 2.65. The second-order valence-corrected chi connectivity index (χ2v) is 10.7. The lowest BCUT2D eigenvalue weighted by Crippen LogP contribution is -2.69. The molecule has 0 aromatic carbocycles. The van der Waals surface area contributed by atoms with E-state index < -0.39 is 0 Å². The standard InChI is InChI=1S/C23H48Cl2N3/c1-6-9-12-13-14-20(4)23(28(5,24)25)16-15-21(26-17-10-7-2)19-22(23)27-18-11-8-3/h20-22,26-27H,6-19H2,1-5H3/q+1. The van der Waals surface area contributed by atoms with Gasteiger partial charge in [0.15, 0.2) is 29.1 Å². The Balaban J connectivity index is 2.94. The van der Waals surface area contributed by atoms with Gasteiger partial charge in [-0.2, -0.15) is 0 Å². The van der Waals surface area contributed by atoms with Crippen LogP contribution in [0, 0.1) is 5.92 Å². The predicted molar refractivity (Wildman–Crippen MR) is 126 cm³/mol. The van der Waals surface area contributed by atoms with Gasteiger partial charge in [-0.25, -0.2) is 0 Å². The number of likely N-dealkylation sites (N-methyl/N-ethyl adjacent to an activating group) is 1. The maximum atomic E-state index is 6.93. The number of rotatable bonds is 15. The van der Waals surface area contributed by atoms with Gasteiger partial charge in [0, 0.05) is 18.4 Å². The second-order valence-electron chi connectivity index (χ2n) is 9.18. The summed E-state index contributed by atoms with van der Waals surface area (Å²) in [5.74, 6) is 0.500. The maximum absolute atomic E-state index is 6.93. The SMILES string of the molecule is CCCCCCC(C)C1([N+](C)(Cl)Cl)CCC(NCCCC)CC1NCCCC. The Hall–Kier alpha value is 0.460. The second kappa shape index (κ2) is 13.7. The fraction of sp³-hybridized carbons (Fsp3) is 1.00. The third-order valence-corrected chi connectivity index (χ3v) is 7.61. The Kier molecular flexibility index (Phi) is 13.0. The Bertz CT molecular complexity index is 400. The number of nitrogens with one attached hydrogen (secondary N) is 2. The summed E-state index contributed by atoms with van der Waals surface area (Å²) in [5.41, 5.74) is -0.119. The molecule has 2 N–H and O–H groups in total. The molecule has 0 heterocycles. The van der Waals surface area contributed by atoms with Crippen LogP contribution in [0.25, 0.3) is 0 Å². The molecule has 4 unspecified atom stereocenters. The van der Waals surface area contributed by atoms with Gasteiger partial charge in [0.05, 0.1) is 6.04 Å². The Morgan fingerprint density at radius 3 is 2.11 bits per heavy atom. The predicted octanol–water partition coefficient (Wildman–Crippen LogP) is 6.79. The van der Waals surface area contributed by atoms with Crippen molar-refractivity contribution in [1.82, 2.24) is 10.6 Å². The van der Waals surface area contributed by atoms with Gasteiger partial charge in [0.1, 0.15) is 7.05 Å². The summed E-state index contributed by atoms with van der Waals surface area (Å²) in [6.07, 6.45) is 14.7. The summed E-state index contributed by atoms with van der Waals surface area (Å²) in [6, 6.07) is 0.930. The minimum absolute atomic E-state index is 0.0351. The molecule has 1 fully saturated rings. The molecule has 0 spiro atoms. The van der Waals surface area contributed by atoms with Crippen molar-refractivity contribution < 1.29 is 3.52 Å². The number of unbranched alkanes of at least 4 members (excludes halogenated alkanes) is 5. The number of halogens is 2. The third-order valence-electron chi connectivity index (χ3n) is 6.98. The van der Waals surface area contributed by atoms with Crippen LogP contribution >= 0.6 is 23.6 Å². The Morgan fingerprint density at radius 1 is 0.929 bits per heavy atom. The van der Waals surface area contributed by atoms with E-state index in [1.54, 1.807) is 0 Å². The van der Waals surface area contributed by atoms with E-state index >= 15 is 0 Å². The van der Waals surface area contributed by atoms with Gasteiger partial charge < -0.3 is 10.6 Å². The molecule has 5 heteroatoms. The number of hydrogen-bond donors (Lipinski definition) is 2. The van der Waals surface area contributed by atoms with Crippen LogP contribution in [0.15, 0.2) is 0 Å². The fourth-order valence-electron chi connectivity index (χ4n) is 5.14. The van der Waals surface area contributed by atoms with Crippen molar-refractivity contribution in [1.29, 1.82) is 0 Å². The molecule has 1 saturated carbocycles. The fourth-order valence-corrected chi connectivity index (χ4v) is 5.88. The summed E-state index contributed by atoms with van der Waals surface area (Å²) in [6.45, 7) is 11.4. The maximum Gasteiger partial charge on any atom is 0.187 e. The molecular weight excluding hydrogens is 389 g/mol. The number of quaternary nitrogens is 1. The lowest BCUT2D eigenvalue weighted by Gasteiger charge is -2.52. The highest BCUT2D eigenvalue weighted by atomic mass is 35.5. The first kappa shape index (κ1) is 26.5. The van der Waals surface area contributed by atoms with Crippen LogP contribution in [0.3, 0.4) is 0 Å². The van der Waals surface area contributed by atoms with E-state index in [-0.39, 0.29) is 9.06 Å². The topological polar surface area (TPSA) is 24.1 Å². The van der Waals surface area contributed by atoms with Crippen LogP contribution in [-0.4, -0.2) is 41.3 Å². The zero-order chi connectivity index (χ0) is 21.0. The smallest absolute Gasteiger partial charge is 0.187 e. The first-order valence-electron chi connectivity index (χ1n) is 12.1. The van der Waals surface area contributed by atoms with Gasteiger partial charge in [-0.15, -0.1) is 3.52 Å². The molecule has 0 bridgehead atoms. The van der Waals surface area contributed by atoms with Crippen molar-refractivity contribution in [3.63, 3.8) is 0 Å².